The molecular formula is C44H34N4O6S2. The second-order valence-electron chi connectivity index (χ2n) is 13.1. The summed E-state index contributed by atoms with van der Waals surface area (Å²) in [5, 5.41) is 10.6. The van der Waals surface area contributed by atoms with Gasteiger partial charge in [-0.15, -0.1) is 10.2 Å². The number of aryl methyl sites for hydroxylation is 2. The summed E-state index contributed by atoms with van der Waals surface area (Å²) in [5.41, 5.74) is 4.58. The molecule has 0 atom stereocenters. The molecule has 0 bridgehead atoms. The van der Waals surface area contributed by atoms with Crippen molar-refractivity contribution < 1.29 is 25.7 Å². The number of furan rings is 2. The van der Waals surface area contributed by atoms with Crippen LogP contribution in [0.5, 0.6) is 0 Å². The third kappa shape index (κ3) is 7.22. The Hall–Kier alpha value is -6.76. The molecule has 0 aliphatic rings. The summed E-state index contributed by atoms with van der Waals surface area (Å²) in [6.07, 6.45) is 0. The highest BCUT2D eigenvalue weighted by molar-refractivity contribution is 7.93. The fourth-order valence-corrected chi connectivity index (χ4v) is 8.38. The summed E-state index contributed by atoms with van der Waals surface area (Å²) < 4.78 is 73.8. The second kappa shape index (κ2) is 14.8. The first kappa shape index (κ1) is 36.2. The Morgan fingerprint density at radius 1 is 0.446 bits per heavy atom. The molecule has 2 N–H and O–H groups in total. The van der Waals surface area contributed by atoms with Crippen LogP contribution in [0.25, 0.3) is 21.9 Å². The highest BCUT2D eigenvalue weighted by atomic mass is 32.2. The number of para-hydroxylation sites is 2. The zero-order valence-corrected chi connectivity index (χ0v) is 31.8. The second-order valence-corrected chi connectivity index (χ2v) is 16.4. The molecule has 6 aromatic carbocycles. The molecule has 8 rings (SSSR count). The first-order valence-corrected chi connectivity index (χ1v) is 20.5. The van der Waals surface area contributed by atoms with E-state index in [-0.39, 0.29) is 44.1 Å². The van der Waals surface area contributed by atoms with Crippen molar-refractivity contribution in [3.63, 3.8) is 0 Å². The molecule has 56 heavy (non-hydrogen) atoms. The standard InChI is InChI=1S/C44H34N4O6S2/c1-29-21-25-33(26-22-29)55(49,50)47-41-35-17-9-11-19-37(35)53-43(41)39(31-13-5-3-6-14-31)45-46-40(32-15-7-4-8-16-32)44-42(36-18-10-12-20-38(36)54-44)48-56(51,52)34-27-23-30(2)24-28-34/h3-28,47-48H,1-2H3/b45-39-,46-40+. The van der Waals surface area contributed by atoms with E-state index in [1.807, 2.05) is 74.5 Å². The molecule has 0 fully saturated rings. The van der Waals surface area contributed by atoms with Crippen LogP contribution in [0.3, 0.4) is 0 Å². The van der Waals surface area contributed by atoms with Crippen LogP contribution in [0.1, 0.15) is 33.8 Å². The highest BCUT2D eigenvalue weighted by Crippen LogP contribution is 2.37. The van der Waals surface area contributed by atoms with Crippen molar-refractivity contribution in [3.05, 3.63) is 191 Å². The molecule has 0 unspecified atom stereocenters. The van der Waals surface area contributed by atoms with E-state index in [4.69, 9.17) is 19.0 Å². The number of nitrogens with one attached hydrogen (secondary N) is 2. The van der Waals surface area contributed by atoms with Crippen molar-refractivity contribution in [2.45, 2.75) is 23.6 Å². The minimum absolute atomic E-state index is 0.0763. The van der Waals surface area contributed by atoms with Gasteiger partial charge in [-0.05, 0) is 62.4 Å². The summed E-state index contributed by atoms with van der Waals surface area (Å²) >= 11 is 0. The molecule has 2 heterocycles. The number of nitrogens with zero attached hydrogens (tertiary/aromatic N) is 2. The lowest BCUT2D eigenvalue weighted by Gasteiger charge is -2.12. The topological polar surface area (TPSA) is 143 Å². The first-order chi connectivity index (χ1) is 27.1. The molecule has 0 radical (unpaired) electrons. The van der Waals surface area contributed by atoms with Gasteiger partial charge in [-0.1, -0.05) is 120 Å². The monoisotopic (exact) mass is 778 g/mol. The van der Waals surface area contributed by atoms with Gasteiger partial charge in [-0.25, -0.2) is 16.8 Å². The number of rotatable bonds is 11. The number of hydrogen-bond acceptors (Lipinski definition) is 8. The van der Waals surface area contributed by atoms with Crippen LogP contribution < -0.4 is 9.44 Å². The van der Waals surface area contributed by atoms with Crippen LogP contribution in [-0.4, -0.2) is 28.3 Å². The Bertz CT molecular complexity index is 2780. The molecule has 278 valence electrons. The normalized spacial score (nSPS) is 12.6. The number of anilines is 2. The molecule has 0 spiro atoms. The minimum Gasteiger partial charge on any atom is -0.452 e. The zero-order chi connectivity index (χ0) is 38.9. The van der Waals surface area contributed by atoms with Gasteiger partial charge in [0.25, 0.3) is 20.0 Å². The molecule has 0 aliphatic heterocycles. The van der Waals surface area contributed by atoms with Gasteiger partial charge in [0.05, 0.1) is 9.79 Å². The van der Waals surface area contributed by atoms with Gasteiger partial charge in [-0.2, -0.15) is 0 Å². The SMILES string of the molecule is Cc1ccc(S(=O)(=O)Nc2c(/C(=N\N=C(/c3ccccc3)c3oc4ccccc4c3NS(=O)(=O)c3ccc(C)cc3)c3ccccc3)oc3ccccc23)cc1. The predicted octanol–water partition coefficient (Wildman–Crippen LogP) is 9.69. The van der Waals surface area contributed by atoms with Gasteiger partial charge in [0.2, 0.25) is 0 Å². The quantitative estimate of drug-likeness (QED) is 0.0989. The number of hydrogen-bond donors (Lipinski definition) is 2. The summed E-state index contributed by atoms with van der Waals surface area (Å²) in [7, 11) is -8.18. The largest absolute Gasteiger partial charge is 0.452 e. The average molecular weight is 779 g/mol. The molecular weight excluding hydrogens is 745 g/mol. The average Bonchev–Trinajstić information content (AvgIpc) is 3.74. The molecule has 2 aromatic heterocycles. The Morgan fingerprint density at radius 3 is 1.16 bits per heavy atom. The lowest BCUT2D eigenvalue weighted by molar-refractivity contribution is 0.596. The Labute approximate surface area is 324 Å². The third-order valence-corrected chi connectivity index (χ3v) is 11.8. The van der Waals surface area contributed by atoms with Gasteiger partial charge in [0.15, 0.2) is 11.5 Å². The van der Waals surface area contributed by atoms with Gasteiger partial charge < -0.3 is 8.83 Å². The van der Waals surface area contributed by atoms with Crippen LogP contribution in [0.4, 0.5) is 11.4 Å². The fraction of sp³-hybridized carbons (Fsp3) is 0.0455. The molecule has 0 saturated carbocycles. The Balaban J connectivity index is 1.35. The van der Waals surface area contributed by atoms with Crippen LogP contribution in [0.15, 0.2) is 187 Å². The third-order valence-electron chi connectivity index (χ3n) is 9.10. The number of benzene rings is 6. The first-order valence-electron chi connectivity index (χ1n) is 17.6. The summed E-state index contributed by atoms with van der Waals surface area (Å²) in [4.78, 5) is 0.153. The van der Waals surface area contributed by atoms with Crippen molar-refractivity contribution in [3.8, 4) is 0 Å². The molecule has 8 aromatic rings. The molecule has 0 aliphatic carbocycles. The van der Waals surface area contributed by atoms with Gasteiger partial charge in [0.1, 0.15) is 34.0 Å². The van der Waals surface area contributed by atoms with E-state index in [9.17, 15) is 16.8 Å². The maximum Gasteiger partial charge on any atom is 0.262 e. The summed E-state index contributed by atoms with van der Waals surface area (Å²) in [6, 6.07) is 45.5. The molecule has 10 nitrogen and oxygen atoms in total. The maximum absolute atomic E-state index is 13.9. The van der Waals surface area contributed by atoms with E-state index in [1.54, 1.807) is 97.1 Å². The van der Waals surface area contributed by atoms with E-state index < -0.39 is 20.0 Å². The predicted molar refractivity (Wildman–Crippen MR) is 221 cm³/mol. The van der Waals surface area contributed by atoms with Gasteiger partial charge in [0, 0.05) is 21.9 Å². The minimum atomic E-state index is -4.09. The fourth-order valence-electron chi connectivity index (χ4n) is 6.21. The van der Waals surface area contributed by atoms with Gasteiger partial charge >= 0.3 is 0 Å². The van der Waals surface area contributed by atoms with E-state index in [0.717, 1.165) is 11.1 Å². The van der Waals surface area contributed by atoms with Crippen molar-refractivity contribution in [2.75, 3.05) is 9.44 Å². The summed E-state index contributed by atoms with van der Waals surface area (Å²) in [6.45, 7) is 3.76. The molecule has 12 heteroatoms. The van der Waals surface area contributed by atoms with E-state index in [0.29, 0.717) is 33.1 Å². The Kier molecular flexibility index (Phi) is 9.59. The van der Waals surface area contributed by atoms with Crippen molar-refractivity contribution in [2.24, 2.45) is 10.2 Å². The van der Waals surface area contributed by atoms with Crippen LogP contribution in [0.2, 0.25) is 0 Å². The van der Waals surface area contributed by atoms with Crippen LogP contribution in [-0.2, 0) is 20.0 Å². The van der Waals surface area contributed by atoms with E-state index in [1.165, 1.54) is 0 Å². The van der Waals surface area contributed by atoms with Gasteiger partial charge in [-0.3, -0.25) is 9.44 Å². The van der Waals surface area contributed by atoms with Crippen molar-refractivity contribution >= 4 is 64.8 Å². The zero-order valence-electron chi connectivity index (χ0n) is 30.2. The molecule has 0 saturated heterocycles. The number of fused-ring (bicyclic) bond motifs is 2. The molecule has 0 amide bonds. The van der Waals surface area contributed by atoms with E-state index >= 15 is 0 Å². The van der Waals surface area contributed by atoms with Crippen LogP contribution >= 0.6 is 0 Å². The highest BCUT2D eigenvalue weighted by Gasteiger charge is 2.28. The lowest BCUT2D eigenvalue weighted by Crippen LogP contribution is -2.16. The smallest absolute Gasteiger partial charge is 0.262 e. The van der Waals surface area contributed by atoms with Crippen molar-refractivity contribution in [1.29, 1.82) is 0 Å². The van der Waals surface area contributed by atoms with E-state index in [2.05, 4.69) is 9.44 Å². The maximum atomic E-state index is 13.9. The number of sulfonamides is 2. The Morgan fingerprint density at radius 2 is 0.786 bits per heavy atom. The van der Waals surface area contributed by atoms with Crippen LogP contribution in [0, 0.1) is 13.8 Å². The van der Waals surface area contributed by atoms with Crippen molar-refractivity contribution in [1.82, 2.24) is 0 Å². The lowest BCUT2D eigenvalue weighted by atomic mass is 10.1. The summed E-state index contributed by atoms with van der Waals surface area (Å²) in [5.74, 6) is 0.239.